The molecule has 21 heavy (non-hydrogen) atoms. The Morgan fingerprint density at radius 1 is 1.33 bits per heavy atom. The van der Waals surface area contributed by atoms with Crippen molar-refractivity contribution in [3.8, 4) is 11.5 Å². The van der Waals surface area contributed by atoms with Gasteiger partial charge in [0.25, 0.3) is 0 Å². The van der Waals surface area contributed by atoms with E-state index < -0.39 is 17.8 Å². The molecule has 1 aliphatic heterocycles. The second kappa shape index (κ2) is 6.22. The summed E-state index contributed by atoms with van der Waals surface area (Å²) in [6, 6.07) is 5.21. The summed E-state index contributed by atoms with van der Waals surface area (Å²) in [4.78, 5) is 11.5. The second-order valence-corrected chi connectivity index (χ2v) is 5.80. The van der Waals surface area contributed by atoms with Gasteiger partial charge >= 0.3 is 6.09 Å². The van der Waals surface area contributed by atoms with Gasteiger partial charge in [0.05, 0.1) is 12.6 Å². The highest BCUT2D eigenvalue weighted by atomic mass is 16.6. The van der Waals surface area contributed by atoms with Gasteiger partial charge in [-0.15, -0.1) is 0 Å². The number of carbonyl (C=O) groups excluding carboxylic acids is 1. The fourth-order valence-electron chi connectivity index (χ4n) is 1.88. The molecule has 0 aliphatic carbocycles. The van der Waals surface area contributed by atoms with Gasteiger partial charge in [-0.05, 0) is 38.5 Å². The van der Waals surface area contributed by atoms with E-state index in [0.29, 0.717) is 30.3 Å². The Morgan fingerprint density at radius 2 is 2.00 bits per heavy atom. The Bertz CT molecular complexity index is 509. The molecule has 2 rings (SSSR count). The van der Waals surface area contributed by atoms with Gasteiger partial charge in [-0.25, -0.2) is 4.79 Å². The number of aliphatic hydroxyl groups excluding tert-OH is 1. The quantitative estimate of drug-likeness (QED) is 0.892. The summed E-state index contributed by atoms with van der Waals surface area (Å²) in [5, 5.41) is 12.6. The lowest BCUT2D eigenvalue weighted by Gasteiger charge is -2.22. The average Bonchev–Trinajstić information content (AvgIpc) is 2.42. The predicted molar refractivity (Wildman–Crippen MR) is 76.6 cm³/mol. The number of benzene rings is 1. The number of amides is 1. The van der Waals surface area contributed by atoms with E-state index in [4.69, 9.17) is 14.2 Å². The highest BCUT2D eigenvalue weighted by Gasteiger charge is 2.19. The highest BCUT2D eigenvalue weighted by Crippen LogP contribution is 2.32. The average molecular weight is 295 g/mol. The van der Waals surface area contributed by atoms with Crippen molar-refractivity contribution in [1.29, 1.82) is 0 Å². The second-order valence-electron chi connectivity index (χ2n) is 5.80. The van der Waals surface area contributed by atoms with Crippen molar-refractivity contribution in [2.45, 2.75) is 32.5 Å². The van der Waals surface area contributed by atoms with Crippen LogP contribution in [0, 0.1) is 0 Å². The van der Waals surface area contributed by atoms with Crippen LogP contribution in [0.25, 0.3) is 0 Å². The number of alkyl carbamates (subject to hydrolysis) is 1. The summed E-state index contributed by atoms with van der Waals surface area (Å²) >= 11 is 0. The molecule has 0 aromatic heterocycles. The number of fused-ring (bicyclic) bond motifs is 1. The van der Waals surface area contributed by atoms with E-state index in [1.807, 2.05) is 0 Å². The zero-order chi connectivity index (χ0) is 15.5. The van der Waals surface area contributed by atoms with Crippen molar-refractivity contribution in [1.82, 2.24) is 5.32 Å². The lowest BCUT2D eigenvalue weighted by atomic mass is 10.1. The van der Waals surface area contributed by atoms with Crippen LogP contribution in [0.15, 0.2) is 18.2 Å². The van der Waals surface area contributed by atoms with Gasteiger partial charge in [0.1, 0.15) is 18.8 Å². The molecule has 0 saturated heterocycles. The van der Waals surface area contributed by atoms with Gasteiger partial charge in [-0.1, -0.05) is 6.07 Å². The van der Waals surface area contributed by atoms with Crippen LogP contribution >= 0.6 is 0 Å². The molecule has 1 aromatic carbocycles. The number of hydrogen-bond donors (Lipinski definition) is 2. The molecule has 0 spiro atoms. The molecule has 6 nitrogen and oxygen atoms in total. The van der Waals surface area contributed by atoms with Gasteiger partial charge < -0.3 is 24.6 Å². The lowest BCUT2D eigenvalue weighted by molar-refractivity contribution is 0.0491. The summed E-state index contributed by atoms with van der Waals surface area (Å²) in [5.74, 6) is 1.27. The predicted octanol–water partition coefficient (Wildman–Crippen LogP) is 2.02. The first kappa shape index (κ1) is 15.4. The van der Waals surface area contributed by atoms with Crippen molar-refractivity contribution in [3.63, 3.8) is 0 Å². The minimum atomic E-state index is -0.839. The topological polar surface area (TPSA) is 77.0 Å². The summed E-state index contributed by atoms with van der Waals surface area (Å²) in [7, 11) is 0. The Hall–Kier alpha value is -1.95. The molecule has 0 bridgehead atoms. The maximum atomic E-state index is 11.5. The smallest absolute Gasteiger partial charge is 0.407 e. The molecule has 1 heterocycles. The minimum absolute atomic E-state index is 0.0640. The van der Waals surface area contributed by atoms with Crippen molar-refractivity contribution in [2.75, 3.05) is 19.8 Å². The first-order valence-corrected chi connectivity index (χ1v) is 6.89. The Kier molecular flexibility index (Phi) is 4.57. The maximum Gasteiger partial charge on any atom is 0.407 e. The Balaban J connectivity index is 1.91. The number of rotatable bonds is 3. The third-order valence-corrected chi connectivity index (χ3v) is 2.79. The van der Waals surface area contributed by atoms with Gasteiger partial charge in [0, 0.05) is 0 Å². The van der Waals surface area contributed by atoms with Crippen LogP contribution in [-0.2, 0) is 4.74 Å². The fourth-order valence-corrected chi connectivity index (χ4v) is 1.88. The molecular weight excluding hydrogens is 274 g/mol. The summed E-state index contributed by atoms with van der Waals surface area (Å²) in [6.07, 6.45) is -1.40. The molecule has 1 aromatic rings. The van der Waals surface area contributed by atoms with E-state index in [-0.39, 0.29) is 6.54 Å². The van der Waals surface area contributed by atoms with Crippen molar-refractivity contribution < 1.29 is 24.1 Å². The SMILES string of the molecule is CC(C)(C)OC(=O)NC[C@H](O)c1ccc2c(c1)OCCO2. The Labute approximate surface area is 124 Å². The molecule has 0 unspecified atom stereocenters. The van der Waals surface area contributed by atoms with Gasteiger partial charge in [-0.2, -0.15) is 0 Å². The molecular formula is C15H21NO5. The van der Waals surface area contributed by atoms with E-state index in [1.165, 1.54) is 0 Å². The van der Waals surface area contributed by atoms with Crippen LogP contribution in [0.1, 0.15) is 32.4 Å². The summed E-state index contributed by atoms with van der Waals surface area (Å²) < 4.78 is 16.0. The molecule has 0 fully saturated rings. The summed E-state index contributed by atoms with van der Waals surface area (Å²) in [6.45, 7) is 6.42. The van der Waals surface area contributed by atoms with Gasteiger partial charge in [-0.3, -0.25) is 0 Å². The van der Waals surface area contributed by atoms with Crippen LogP contribution in [0.4, 0.5) is 4.79 Å². The van der Waals surface area contributed by atoms with E-state index in [0.717, 1.165) is 0 Å². The lowest BCUT2D eigenvalue weighted by Crippen LogP contribution is -2.34. The highest BCUT2D eigenvalue weighted by molar-refractivity contribution is 5.67. The zero-order valence-corrected chi connectivity index (χ0v) is 12.5. The van der Waals surface area contributed by atoms with Crippen molar-refractivity contribution in [2.24, 2.45) is 0 Å². The third kappa shape index (κ3) is 4.53. The van der Waals surface area contributed by atoms with E-state index >= 15 is 0 Å². The molecule has 2 N–H and O–H groups in total. The number of aliphatic hydroxyl groups is 1. The number of hydrogen-bond acceptors (Lipinski definition) is 5. The molecule has 1 aliphatic rings. The van der Waals surface area contributed by atoms with E-state index in [2.05, 4.69) is 5.32 Å². The van der Waals surface area contributed by atoms with Crippen molar-refractivity contribution in [3.05, 3.63) is 23.8 Å². The first-order valence-electron chi connectivity index (χ1n) is 6.89. The molecule has 116 valence electrons. The summed E-state index contributed by atoms with van der Waals surface area (Å²) in [5.41, 5.74) is 0.0850. The standard InChI is InChI=1S/C15H21NO5/c1-15(2,3)21-14(18)16-9-11(17)10-4-5-12-13(8-10)20-7-6-19-12/h4-5,8,11,17H,6-7,9H2,1-3H3,(H,16,18)/t11-/m0/s1. The van der Waals surface area contributed by atoms with Crippen LogP contribution in [0.2, 0.25) is 0 Å². The normalized spacial score (nSPS) is 15.2. The largest absolute Gasteiger partial charge is 0.486 e. The van der Waals surface area contributed by atoms with Gasteiger partial charge in [0.2, 0.25) is 0 Å². The van der Waals surface area contributed by atoms with Crippen LogP contribution in [-0.4, -0.2) is 36.6 Å². The molecule has 1 amide bonds. The third-order valence-electron chi connectivity index (χ3n) is 2.79. The monoisotopic (exact) mass is 295 g/mol. The van der Waals surface area contributed by atoms with Crippen LogP contribution in [0.5, 0.6) is 11.5 Å². The van der Waals surface area contributed by atoms with Crippen molar-refractivity contribution >= 4 is 6.09 Å². The number of carbonyl (C=O) groups is 1. The van der Waals surface area contributed by atoms with E-state index in [1.54, 1.807) is 39.0 Å². The first-order chi connectivity index (χ1) is 9.85. The number of nitrogens with one attached hydrogen (secondary N) is 1. The fraction of sp³-hybridized carbons (Fsp3) is 0.533. The zero-order valence-electron chi connectivity index (χ0n) is 12.5. The maximum absolute atomic E-state index is 11.5. The van der Waals surface area contributed by atoms with E-state index in [9.17, 15) is 9.90 Å². The van der Waals surface area contributed by atoms with Crippen LogP contribution < -0.4 is 14.8 Å². The molecule has 6 heteroatoms. The minimum Gasteiger partial charge on any atom is -0.486 e. The molecule has 0 radical (unpaired) electrons. The van der Waals surface area contributed by atoms with Gasteiger partial charge in [0.15, 0.2) is 11.5 Å². The Morgan fingerprint density at radius 3 is 2.67 bits per heavy atom. The van der Waals surface area contributed by atoms with Crippen LogP contribution in [0.3, 0.4) is 0 Å². The number of ether oxygens (including phenoxy) is 3. The molecule has 1 atom stereocenters. The molecule has 0 saturated carbocycles.